The number of allylic oxidation sites excluding steroid dienone is 1. The van der Waals surface area contributed by atoms with Crippen LogP contribution in [0.15, 0.2) is 37.0 Å². The Morgan fingerprint density at radius 3 is 2.80 bits per heavy atom. The Hall–Kier alpha value is -1.54. The van der Waals surface area contributed by atoms with Gasteiger partial charge in [-0.1, -0.05) is 29.8 Å². The second-order valence-electron chi connectivity index (χ2n) is 3.44. The molecular formula is C12H11ClN2. The van der Waals surface area contributed by atoms with E-state index in [0.717, 1.165) is 27.4 Å². The van der Waals surface area contributed by atoms with E-state index in [2.05, 4.69) is 16.8 Å². The van der Waals surface area contributed by atoms with E-state index in [1.807, 2.05) is 31.2 Å². The molecule has 2 nitrogen and oxygen atoms in total. The number of benzene rings is 1. The first kappa shape index (κ1) is 9.99. The largest absolute Gasteiger partial charge is 0.278 e. The van der Waals surface area contributed by atoms with Crippen LogP contribution in [-0.2, 0) is 0 Å². The van der Waals surface area contributed by atoms with Crippen LogP contribution in [0.1, 0.15) is 12.5 Å². The van der Waals surface area contributed by atoms with Crippen LogP contribution in [-0.4, -0.2) is 10.2 Å². The molecule has 1 N–H and O–H groups in total. The fourth-order valence-electron chi connectivity index (χ4n) is 1.51. The van der Waals surface area contributed by atoms with Gasteiger partial charge >= 0.3 is 0 Å². The summed E-state index contributed by atoms with van der Waals surface area (Å²) >= 11 is 5.96. The Morgan fingerprint density at radius 1 is 1.40 bits per heavy atom. The zero-order valence-corrected chi connectivity index (χ0v) is 9.17. The van der Waals surface area contributed by atoms with Crippen LogP contribution >= 0.6 is 11.6 Å². The number of halogens is 1. The van der Waals surface area contributed by atoms with Crippen LogP contribution in [0.2, 0.25) is 5.02 Å². The topological polar surface area (TPSA) is 28.7 Å². The summed E-state index contributed by atoms with van der Waals surface area (Å²) in [6.07, 6.45) is 1.73. The molecule has 15 heavy (non-hydrogen) atoms. The summed E-state index contributed by atoms with van der Waals surface area (Å²) in [5, 5.41) is 7.59. The van der Waals surface area contributed by atoms with E-state index in [1.54, 1.807) is 6.20 Å². The van der Waals surface area contributed by atoms with Crippen molar-refractivity contribution in [2.75, 3.05) is 0 Å². The number of hydrogen-bond acceptors (Lipinski definition) is 1. The third-order valence-electron chi connectivity index (χ3n) is 2.23. The van der Waals surface area contributed by atoms with E-state index in [4.69, 9.17) is 11.6 Å². The molecule has 0 aliphatic carbocycles. The molecule has 0 atom stereocenters. The van der Waals surface area contributed by atoms with Gasteiger partial charge in [-0.05, 0) is 30.7 Å². The van der Waals surface area contributed by atoms with Crippen molar-refractivity contribution < 1.29 is 0 Å². The molecule has 0 fully saturated rings. The van der Waals surface area contributed by atoms with Gasteiger partial charge in [0.2, 0.25) is 0 Å². The van der Waals surface area contributed by atoms with E-state index in [9.17, 15) is 0 Å². The van der Waals surface area contributed by atoms with Crippen molar-refractivity contribution in [3.8, 4) is 11.3 Å². The number of aromatic nitrogens is 2. The molecule has 0 saturated carbocycles. The van der Waals surface area contributed by atoms with Crippen LogP contribution in [0.4, 0.5) is 0 Å². The first-order chi connectivity index (χ1) is 7.18. The molecule has 0 aliphatic heterocycles. The highest BCUT2D eigenvalue weighted by atomic mass is 35.5. The number of hydrogen-bond donors (Lipinski definition) is 1. The number of H-pyrrole nitrogens is 1. The third-order valence-corrected chi connectivity index (χ3v) is 2.47. The minimum atomic E-state index is 0.719. The van der Waals surface area contributed by atoms with Gasteiger partial charge in [-0.3, -0.25) is 5.10 Å². The van der Waals surface area contributed by atoms with Crippen molar-refractivity contribution in [3.63, 3.8) is 0 Å². The molecule has 2 rings (SSSR count). The molecule has 76 valence electrons. The number of aromatic amines is 1. The van der Waals surface area contributed by atoms with E-state index >= 15 is 0 Å². The van der Waals surface area contributed by atoms with Gasteiger partial charge in [0, 0.05) is 16.8 Å². The molecular weight excluding hydrogens is 208 g/mol. The highest BCUT2D eigenvalue weighted by Crippen LogP contribution is 2.29. The minimum Gasteiger partial charge on any atom is -0.278 e. The Morgan fingerprint density at radius 2 is 2.20 bits per heavy atom. The van der Waals surface area contributed by atoms with Crippen molar-refractivity contribution in [2.45, 2.75) is 6.92 Å². The van der Waals surface area contributed by atoms with Gasteiger partial charge in [-0.15, -0.1) is 0 Å². The Balaban J connectivity index is 2.61. The Labute approximate surface area is 93.6 Å². The fourth-order valence-corrected chi connectivity index (χ4v) is 1.68. The average Bonchev–Trinajstić information content (AvgIpc) is 2.70. The van der Waals surface area contributed by atoms with E-state index in [-0.39, 0.29) is 0 Å². The average molecular weight is 219 g/mol. The van der Waals surface area contributed by atoms with Crippen molar-refractivity contribution >= 4 is 17.2 Å². The quantitative estimate of drug-likeness (QED) is 0.817. The van der Waals surface area contributed by atoms with Crippen LogP contribution in [0.25, 0.3) is 16.8 Å². The summed E-state index contributed by atoms with van der Waals surface area (Å²) in [6.45, 7) is 5.91. The third kappa shape index (κ3) is 1.95. The van der Waals surface area contributed by atoms with Gasteiger partial charge in [0.25, 0.3) is 0 Å². The first-order valence-electron chi connectivity index (χ1n) is 4.63. The Bertz CT molecular complexity index is 486. The van der Waals surface area contributed by atoms with Gasteiger partial charge < -0.3 is 0 Å². The highest BCUT2D eigenvalue weighted by molar-refractivity contribution is 6.30. The van der Waals surface area contributed by atoms with Crippen LogP contribution in [0, 0.1) is 0 Å². The zero-order valence-electron chi connectivity index (χ0n) is 8.42. The number of rotatable bonds is 2. The lowest BCUT2D eigenvalue weighted by atomic mass is 10.00. The molecule has 0 amide bonds. The van der Waals surface area contributed by atoms with Gasteiger partial charge in [-0.2, -0.15) is 5.10 Å². The summed E-state index contributed by atoms with van der Waals surface area (Å²) in [5.41, 5.74) is 4.09. The summed E-state index contributed by atoms with van der Waals surface area (Å²) < 4.78 is 0. The molecule has 2 aromatic rings. The predicted molar refractivity (Wildman–Crippen MR) is 63.7 cm³/mol. The second kappa shape index (κ2) is 3.91. The molecule has 3 heteroatoms. The monoisotopic (exact) mass is 218 g/mol. The predicted octanol–water partition coefficient (Wildman–Crippen LogP) is 3.76. The van der Waals surface area contributed by atoms with Gasteiger partial charge in [0.05, 0.1) is 5.69 Å². The minimum absolute atomic E-state index is 0.719. The maximum absolute atomic E-state index is 5.96. The zero-order chi connectivity index (χ0) is 10.8. The molecule has 1 heterocycles. The molecule has 0 aliphatic rings. The van der Waals surface area contributed by atoms with E-state index in [0.29, 0.717) is 0 Å². The number of nitrogens with zero attached hydrogens (tertiary/aromatic N) is 1. The number of nitrogens with one attached hydrogen (secondary N) is 1. The lowest BCUT2D eigenvalue weighted by Gasteiger charge is -2.07. The SMILES string of the molecule is C=C(C)c1cc(Cl)ccc1-c1ccn[nH]1. The van der Waals surface area contributed by atoms with Crippen molar-refractivity contribution in [1.29, 1.82) is 0 Å². The van der Waals surface area contributed by atoms with Gasteiger partial charge in [-0.25, -0.2) is 0 Å². The van der Waals surface area contributed by atoms with Gasteiger partial charge in [0.1, 0.15) is 0 Å². The summed E-state index contributed by atoms with van der Waals surface area (Å²) in [5.74, 6) is 0. The van der Waals surface area contributed by atoms with Crippen molar-refractivity contribution in [3.05, 3.63) is 47.6 Å². The molecule has 0 saturated heterocycles. The van der Waals surface area contributed by atoms with Crippen molar-refractivity contribution in [1.82, 2.24) is 10.2 Å². The fraction of sp³-hybridized carbons (Fsp3) is 0.0833. The summed E-state index contributed by atoms with van der Waals surface area (Å²) in [6, 6.07) is 7.68. The second-order valence-corrected chi connectivity index (χ2v) is 3.88. The molecule has 1 aromatic carbocycles. The lowest BCUT2D eigenvalue weighted by molar-refractivity contribution is 1.09. The maximum atomic E-state index is 5.96. The van der Waals surface area contributed by atoms with Gasteiger partial charge in [0.15, 0.2) is 0 Å². The van der Waals surface area contributed by atoms with E-state index in [1.165, 1.54) is 0 Å². The molecule has 0 unspecified atom stereocenters. The standard InChI is InChI=1S/C12H11ClN2/c1-8(2)11-7-9(13)3-4-10(11)12-5-6-14-15-12/h3-7H,1H2,2H3,(H,14,15). The molecule has 0 spiro atoms. The van der Waals surface area contributed by atoms with Crippen LogP contribution < -0.4 is 0 Å². The molecule has 0 bridgehead atoms. The van der Waals surface area contributed by atoms with E-state index < -0.39 is 0 Å². The molecule has 0 radical (unpaired) electrons. The van der Waals surface area contributed by atoms with Crippen LogP contribution in [0.5, 0.6) is 0 Å². The van der Waals surface area contributed by atoms with Crippen molar-refractivity contribution in [2.24, 2.45) is 0 Å². The lowest BCUT2D eigenvalue weighted by Crippen LogP contribution is -1.87. The first-order valence-corrected chi connectivity index (χ1v) is 5.01. The highest BCUT2D eigenvalue weighted by Gasteiger charge is 2.07. The Kier molecular flexibility index (Phi) is 2.60. The molecule has 1 aromatic heterocycles. The maximum Gasteiger partial charge on any atom is 0.0656 e. The summed E-state index contributed by atoms with van der Waals surface area (Å²) in [4.78, 5) is 0. The van der Waals surface area contributed by atoms with Crippen LogP contribution in [0.3, 0.4) is 0 Å². The normalized spacial score (nSPS) is 10.3. The summed E-state index contributed by atoms with van der Waals surface area (Å²) in [7, 11) is 0. The smallest absolute Gasteiger partial charge is 0.0656 e.